The molecule has 0 unspecified atom stereocenters. The summed E-state index contributed by atoms with van der Waals surface area (Å²) in [5, 5.41) is 9.40. The molecule has 0 saturated carbocycles. The molecule has 0 bridgehead atoms. The highest BCUT2D eigenvalue weighted by atomic mass is 19.1. The Hall–Kier alpha value is -2.89. The number of rotatable bonds is 5. The molecule has 0 saturated heterocycles. The van der Waals surface area contributed by atoms with E-state index in [1.54, 1.807) is 24.3 Å². The van der Waals surface area contributed by atoms with Crippen LogP contribution < -0.4 is 4.74 Å². The topological polar surface area (TPSA) is 68.7 Å². The van der Waals surface area contributed by atoms with Crippen molar-refractivity contribution in [2.75, 3.05) is 7.11 Å². The predicted octanol–water partition coefficient (Wildman–Crippen LogP) is 2.87. The Labute approximate surface area is 126 Å². The van der Waals surface area contributed by atoms with Crippen LogP contribution in [-0.2, 0) is 16.1 Å². The third-order valence-corrected chi connectivity index (χ3v) is 2.76. The van der Waals surface area contributed by atoms with Gasteiger partial charge < -0.3 is 14.6 Å². The largest absolute Gasteiger partial charge is 0.502 e. The van der Waals surface area contributed by atoms with E-state index >= 15 is 0 Å². The molecule has 0 aliphatic heterocycles. The summed E-state index contributed by atoms with van der Waals surface area (Å²) in [6.45, 7) is 0.282. The van der Waals surface area contributed by atoms with Crippen LogP contribution in [0.15, 0.2) is 48.4 Å². The van der Waals surface area contributed by atoms with E-state index in [1.165, 1.54) is 31.5 Å². The van der Waals surface area contributed by atoms with Crippen LogP contribution in [0.25, 0.3) is 6.08 Å². The van der Waals surface area contributed by atoms with E-state index in [4.69, 9.17) is 4.74 Å². The first-order chi connectivity index (χ1) is 10.6. The third-order valence-electron chi connectivity index (χ3n) is 2.76. The smallest absolute Gasteiger partial charge is 0.373 e. The summed E-state index contributed by atoms with van der Waals surface area (Å²) in [6.07, 6.45) is 2.65. The monoisotopic (exact) mass is 303 g/mol. The molecule has 0 spiro atoms. The van der Waals surface area contributed by atoms with Gasteiger partial charge in [-0.3, -0.25) is 4.98 Å². The molecule has 0 radical (unpaired) electrons. The number of aliphatic hydroxyl groups is 1. The third kappa shape index (κ3) is 4.31. The van der Waals surface area contributed by atoms with Crippen LogP contribution in [0, 0.1) is 5.82 Å². The van der Waals surface area contributed by atoms with Crippen molar-refractivity contribution in [1.82, 2.24) is 4.98 Å². The number of aromatic nitrogens is 1. The van der Waals surface area contributed by atoms with E-state index < -0.39 is 11.7 Å². The van der Waals surface area contributed by atoms with Crippen LogP contribution in [0.4, 0.5) is 4.39 Å². The van der Waals surface area contributed by atoms with E-state index in [-0.39, 0.29) is 12.4 Å². The van der Waals surface area contributed by atoms with Gasteiger partial charge in [0.05, 0.1) is 19.0 Å². The number of benzene rings is 1. The van der Waals surface area contributed by atoms with Crippen molar-refractivity contribution in [2.24, 2.45) is 0 Å². The molecule has 22 heavy (non-hydrogen) atoms. The number of ether oxygens (including phenoxy) is 2. The number of carbonyl (C=O) groups is 1. The van der Waals surface area contributed by atoms with Gasteiger partial charge in [0.25, 0.3) is 0 Å². The van der Waals surface area contributed by atoms with Gasteiger partial charge in [0.1, 0.15) is 18.2 Å². The van der Waals surface area contributed by atoms with Crippen LogP contribution in [0.2, 0.25) is 0 Å². The molecular formula is C16H14FNO4. The van der Waals surface area contributed by atoms with Crippen LogP contribution in [-0.4, -0.2) is 23.2 Å². The molecule has 5 nitrogen and oxygen atoms in total. The lowest BCUT2D eigenvalue weighted by molar-refractivity contribution is -0.138. The Kier molecular flexibility index (Phi) is 5.08. The molecule has 1 heterocycles. The first kappa shape index (κ1) is 15.5. The summed E-state index contributed by atoms with van der Waals surface area (Å²) in [6, 6.07) is 9.22. The highest BCUT2D eigenvalue weighted by Gasteiger charge is 2.07. The maximum atomic E-state index is 12.8. The van der Waals surface area contributed by atoms with Crippen LogP contribution in [0.5, 0.6) is 5.75 Å². The molecule has 1 N–H and O–H groups in total. The highest BCUT2D eigenvalue weighted by molar-refractivity contribution is 5.90. The zero-order valence-corrected chi connectivity index (χ0v) is 11.8. The van der Waals surface area contributed by atoms with Gasteiger partial charge in [0.2, 0.25) is 5.76 Å². The second-order valence-electron chi connectivity index (χ2n) is 4.36. The molecule has 1 aromatic heterocycles. The van der Waals surface area contributed by atoms with E-state index in [2.05, 4.69) is 9.72 Å². The lowest BCUT2D eigenvalue weighted by atomic mass is 10.2. The van der Waals surface area contributed by atoms with E-state index in [0.29, 0.717) is 11.4 Å². The molecule has 114 valence electrons. The number of aliphatic hydroxyl groups excluding tert-OH is 1. The normalized spacial score (nSPS) is 11.1. The number of pyridine rings is 1. The van der Waals surface area contributed by atoms with E-state index in [9.17, 15) is 14.3 Å². The molecule has 0 atom stereocenters. The minimum Gasteiger partial charge on any atom is -0.502 e. The zero-order chi connectivity index (χ0) is 15.9. The SMILES string of the molecule is COC(=O)/C(O)=C/c1ccc(OCc2ccc(F)cc2)cn1. The maximum Gasteiger partial charge on any atom is 0.373 e. The second kappa shape index (κ2) is 7.21. The number of carbonyl (C=O) groups excluding carboxylic acids is 1. The van der Waals surface area contributed by atoms with E-state index in [1.807, 2.05) is 0 Å². The first-order valence-corrected chi connectivity index (χ1v) is 6.41. The summed E-state index contributed by atoms with van der Waals surface area (Å²) < 4.78 is 22.6. The summed E-state index contributed by atoms with van der Waals surface area (Å²) in [5.41, 5.74) is 1.21. The van der Waals surface area contributed by atoms with Crippen LogP contribution in [0.3, 0.4) is 0 Å². The number of methoxy groups -OCH3 is 1. The van der Waals surface area contributed by atoms with Crippen molar-refractivity contribution >= 4 is 12.0 Å². The molecule has 0 fully saturated rings. The van der Waals surface area contributed by atoms with Crippen molar-refractivity contribution in [2.45, 2.75) is 6.61 Å². The quantitative estimate of drug-likeness (QED) is 0.522. The molecule has 2 aromatic rings. The molecule has 0 amide bonds. The molecule has 0 aliphatic carbocycles. The van der Waals surface area contributed by atoms with Crippen LogP contribution in [0.1, 0.15) is 11.3 Å². The Balaban J connectivity index is 1.97. The maximum absolute atomic E-state index is 12.8. The molecule has 6 heteroatoms. The summed E-state index contributed by atoms with van der Waals surface area (Å²) >= 11 is 0. The molecule has 0 aliphatic rings. The minimum absolute atomic E-state index is 0.282. The van der Waals surface area contributed by atoms with Gasteiger partial charge in [-0.15, -0.1) is 0 Å². The number of hydrogen-bond donors (Lipinski definition) is 1. The second-order valence-corrected chi connectivity index (χ2v) is 4.36. The summed E-state index contributed by atoms with van der Waals surface area (Å²) in [4.78, 5) is 15.1. The number of hydrogen-bond acceptors (Lipinski definition) is 5. The zero-order valence-electron chi connectivity index (χ0n) is 11.8. The van der Waals surface area contributed by atoms with E-state index in [0.717, 1.165) is 5.56 Å². The Morgan fingerprint density at radius 2 is 2.00 bits per heavy atom. The average molecular weight is 303 g/mol. The number of esters is 1. The van der Waals surface area contributed by atoms with Crippen LogP contribution >= 0.6 is 0 Å². The van der Waals surface area contributed by atoms with Crippen molar-refractivity contribution in [3.63, 3.8) is 0 Å². The standard InChI is InChI=1S/C16H14FNO4/c1-21-16(20)15(19)8-13-6-7-14(9-18-13)22-10-11-2-4-12(17)5-3-11/h2-9,19H,10H2,1H3/b15-8-. The Morgan fingerprint density at radius 1 is 1.27 bits per heavy atom. The van der Waals surface area contributed by atoms with Crippen molar-refractivity contribution in [3.05, 3.63) is 65.4 Å². The Bertz CT molecular complexity index is 666. The molecular weight excluding hydrogens is 289 g/mol. The van der Waals surface area contributed by atoms with Gasteiger partial charge in [-0.2, -0.15) is 0 Å². The predicted molar refractivity (Wildman–Crippen MR) is 77.6 cm³/mol. The molecule has 1 aromatic carbocycles. The van der Waals surface area contributed by atoms with Gasteiger partial charge in [0, 0.05) is 6.08 Å². The van der Waals surface area contributed by atoms with Gasteiger partial charge in [-0.05, 0) is 29.8 Å². The Morgan fingerprint density at radius 3 is 2.59 bits per heavy atom. The number of nitrogens with zero attached hydrogens (tertiary/aromatic N) is 1. The van der Waals surface area contributed by atoms with Crippen molar-refractivity contribution < 1.29 is 23.8 Å². The minimum atomic E-state index is -0.835. The number of halogens is 1. The van der Waals surface area contributed by atoms with Crippen molar-refractivity contribution in [1.29, 1.82) is 0 Å². The van der Waals surface area contributed by atoms with Gasteiger partial charge >= 0.3 is 5.97 Å². The lowest BCUT2D eigenvalue weighted by Crippen LogP contribution is -2.03. The van der Waals surface area contributed by atoms with Crippen molar-refractivity contribution in [3.8, 4) is 5.75 Å². The fourth-order valence-electron chi connectivity index (χ4n) is 1.61. The van der Waals surface area contributed by atoms with Gasteiger partial charge in [-0.25, -0.2) is 9.18 Å². The highest BCUT2D eigenvalue weighted by Crippen LogP contribution is 2.13. The molecule has 2 rings (SSSR count). The summed E-state index contributed by atoms with van der Waals surface area (Å²) in [5.74, 6) is -1.15. The van der Waals surface area contributed by atoms with Gasteiger partial charge in [0.15, 0.2) is 0 Å². The lowest BCUT2D eigenvalue weighted by Gasteiger charge is -2.06. The fraction of sp³-hybridized carbons (Fsp3) is 0.125. The fourth-order valence-corrected chi connectivity index (χ4v) is 1.61. The summed E-state index contributed by atoms with van der Waals surface area (Å²) in [7, 11) is 1.17. The average Bonchev–Trinajstić information content (AvgIpc) is 2.55. The van der Waals surface area contributed by atoms with Gasteiger partial charge in [-0.1, -0.05) is 12.1 Å². The first-order valence-electron chi connectivity index (χ1n) is 6.41.